The van der Waals surface area contributed by atoms with Crippen molar-refractivity contribution in [3.8, 4) is 12.3 Å². The molecule has 0 saturated heterocycles. The van der Waals surface area contributed by atoms with Gasteiger partial charge in [-0.1, -0.05) is 5.92 Å². The Bertz CT molecular complexity index is 207. The van der Waals surface area contributed by atoms with Gasteiger partial charge in [-0.3, -0.25) is 0 Å². The second kappa shape index (κ2) is 3.43. The molecular formula is C8H15O2P. The van der Waals surface area contributed by atoms with Gasteiger partial charge >= 0.3 is 0 Å². The molecule has 0 aliphatic heterocycles. The number of hydrogen-bond acceptors (Lipinski definition) is 2. The molecule has 0 unspecified atom stereocenters. The Hall–Kier alpha value is -0.250. The molecule has 0 radical (unpaired) electrons. The van der Waals surface area contributed by atoms with Crippen LogP contribution in [0.2, 0.25) is 0 Å². The van der Waals surface area contributed by atoms with Crippen molar-refractivity contribution in [2.75, 3.05) is 19.7 Å². The summed E-state index contributed by atoms with van der Waals surface area (Å²) in [5.41, 5.74) is -0.596. The van der Waals surface area contributed by atoms with Crippen LogP contribution in [0.4, 0.5) is 0 Å². The zero-order valence-corrected chi connectivity index (χ0v) is 8.44. The topological polar surface area (TPSA) is 26.3 Å². The van der Waals surface area contributed by atoms with Gasteiger partial charge in [0.2, 0.25) is 0 Å². The first-order chi connectivity index (χ1) is 4.77. The van der Waals surface area contributed by atoms with Crippen molar-refractivity contribution in [2.24, 2.45) is 0 Å². The quantitative estimate of drug-likeness (QED) is 0.483. The van der Waals surface area contributed by atoms with Gasteiger partial charge in [0.05, 0.1) is 0 Å². The van der Waals surface area contributed by atoms with Crippen molar-refractivity contribution in [3.63, 3.8) is 0 Å². The maximum atomic E-state index is 11.2. The predicted molar refractivity (Wildman–Crippen MR) is 48.3 cm³/mol. The van der Waals surface area contributed by atoms with Crippen LogP contribution in [0, 0.1) is 12.3 Å². The van der Waals surface area contributed by atoms with Crippen molar-refractivity contribution in [1.82, 2.24) is 0 Å². The van der Waals surface area contributed by atoms with Gasteiger partial charge in [0.15, 0.2) is 0 Å². The summed E-state index contributed by atoms with van der Waals surface area (Å²) in [6.07, 6.45) is 5.43. The molecule has 0 aromatic rings. The lowest BCUT2D eigenvalue weighted by molar-refractivity contribution is 0.0580. The van der Waals surface area contributed by atoms with Gasteiger partial charge in [-0.05, 0) is 27.2 Å². The molecule has 11 heavy (non-hydrogen) atoms. The normalized spacial score (nSPS) is 12.6. The highest BCUT2D eigenvalue weighted by Gasteiger charge is 2.17. The highest BCUT2D eigenvalue weighted by Crippen LogP contribution is 2.36. The second-order valence-electron chi connectivity index (χ2n) is 3.50. The molecule has 0 spiro atoms. The lowest BCUT2D eigenvalue weighted by atomic mass is 10.2. The fourth-order valence-electron chi connectivity index (χ4n) is 0.358. The Labute approximate surface area is 68.7 Å². The fraction of sp³-hybridized carbons (Fsp3) is 0.750. The van der Waals surface area contributed by atoms with Crippen LogP contribution in [0.3, 0.4) is 0 Å². The van der Waals surface area contributed by atoms with E-state index in [1.807, 2.05) is 0 Å². The first-order valence-electron chi connectivity index (χ1n) is 3.42. The van der Waals surface area contributed by atoms with Gasteiger partial charge in [0, 0.05) is 0 Å². The summed E-state index contributed by atoms with van der Waals surface area (Å²) in [7, 11) is -2.09. The first-order valence-corrected chi connectivity index (χ1v) is 6.21. The number of ether oxygens (including phenoxy) is 1. The number of rotatable bonds is 3. The maximum absolute atomic E-state index is 11.2. The highest BCUT2D eigenvalue weighted by atomic mass is 31.2. The summed E-state index contributed by atoms with van der Waals surface area (Å²) in [5, 5.41) is 0. The van der Waals surface area contributed by atoms with Crippen molar-refractivity contribution < 1.29 is 9.30 Å². The molecule has 0 saturated carbocycles. The molecule has 0 bridgehead atoms. The SMILES string of the molecule is C#CC(C)(C)OCP(C)(C)=O. The summed E-state index contributed by atoms with van der Waals surface area (Å²) < 4.78 is 16.4. The van der Waals surface area contributed by atoms with Crippen LogP contribution in [0.15, 0.2) is 0 Å². The lowest BCUT2D eigenvalue weighted by Gasteiger charge is -2.19. The van der Waals surface area contributed by atoms with E-state index in [0.29, 0.717) is 0 Å². The molecule has 0 aromatic heterocycles. The van der Waals surface area contributed by atoms with Crippen LogP contribution < -0.4 is 0 Å². The van der Waals surface area contributed by atoms with E-state index in [0.717, 1.165) is 0 Å². The zero-order valence-electron chi connectivity index (χ0n) is 7.55. The van der Waals surface area contributed by atoms with Crippen LogP contribution in [-0.4, -0.2) is 25.3 Å². The van der Waals surface area contributed by atoms with E-state index in [1.165, 1.54) is 0 Å². The Morgan fingerprint density at radius 3 is 2.27 bits per heavy atom. The molecule has 0 aliphatic carbocycles. The van der Waals surface area contributed by atoms with E-state index in [9.17, 15) is 4.57 Å². The third kappa shape index (κ3) is 6.16. The largest absolute Gasteiger partial charge is 0.355 e. The summed E-state index contributed by atoms with van der Waals surface area (Å²) in [6.45, 7) is 6.92. The molecule has 0 heterocycles. The number of hydrogen-bond donors (Lipinski definition) is 0. The number of terminal acetylenes is 1. The minimum atomic E-state index is -2.09. The molecule has 64 valence electrons. The first kappa shape index (κ1) is 10.8. The summed E-state index contributed by atoms with van der Waals surface area (Å²) in [5.74, 6) is 2.47. The van der Waals surface area contributed by atoms with E-state index in [4.69, 9.17) is 11.2 Å². The van der Waals surface area contributed by atoms with E-state index >= 15 is 0 Å². The molecule has 2 nitrogen and oxygen atoms in total. The van der Waals surface area contributed by atoms with Crippen LogP contribution in [-0.2, 0) is 9.30 Å². The van der Waals surface area contributed by atoms with Crippen LogP contribution in [0.25, 0.3) is 0 Å². The molecule has 0 aromatic carbocycles. The van der Waals surface area contributed by atoms with Crippen molar-refractivity contribution in [2.45, 2.75) is 19.4 Å². The monoisotopic (exact) mass is 174 g/mol. The van der Waals surface area contributed by atoms with Crippen molar-refractivity contribution in [1.29, 1.82) is 0 Å². The Kier molecular flexibility index (Phi) is 3.35. The highest BCUT2D eigenvalue weighted by molar-refractivity contribution is 7.62. The average Bonchev–Trinajstić information content (AvgIpc) is 1.83. The van der Waals surface area contributed by atoms with Gasteiger partial charge in [0.25, 0.3) is 0 Å². The molecular weight excluding hydrogens is 159 g/mol. The van der Waals surface area contributed by atoms with E-state index in [-0.39, 0.29) is 6.35 Å². The molecule has 3 heteroatoms. The molecule has 0 amide bonds. The van der Waals surface area contributed by atoms with Crippen LogP contribution >= 0.6 is 7.14 Å². The molecule has 0 aliphatic rings. The van der Waals surface area contributed by atoms with Crippen molar-refractivity contribution >= 4 is 7.14 Å². The Balaban J connectivity index is 3.93. The van der Waals surface area contributed by atoms with Crippen LogP contribution in [0.1, 0.15) is 13.8 Å². The Morgan fingerprint density at radius 1 is 1.55 bits per heavy atom. The molecule has 0 atom stereocenters. The zero-order chi connectivity index (χ0) is 9.12. The third-order valence-corrected chi connectivity index (χ3v) is 1.83. The van der Waals surface area contributed by atoms with Gasteiger partial charge in [-0.15, -0.1) is 6.42 Å². The van der Waals surface area contributed by atoms with Gasteiger partial charge in [0.1, 0.15) is 19.1 Å². The minimum absolute atomic E-state index is 0.254. The van der Waals surface area contributed by atoms with E-state index in [1.54, 1.807) is 27.2 Å². The molecule has 0 rings (SSSR count). The van der Waals surface area contributed by atoms with Crippen LogP contribution in [0.5, 0.6) is 0 Å². The minimum Gasteiger partial charge on any atom is -0.355 e. The second-order valence-corrected chi connectivity index (χ2v) is 6.91. The maximum Gasteiger partial charge on any atom is 0.123 e. The van der Waals surface area contributed by atoms with E-state index in [2.05, 4.69) is 5.92 Å². The average molecular weight is 174 g/mol. The van der Waals surface area contributed by atoms with E-state index < -0.39 is 12.7 Å². The molecule has 0 fully saturated rings. The smallest absolute Gasteiger partial charge is 0.123 e. The van der Waals surface area contributed by atoms with Gasteiger partial charge in [-0.25, -0.2) is 0 Å². The van der Waals surface area contributed by atoms with Gasteiger partial charge in [-0.2, -0.15) is 0 Å². The Morgan fingerprint density at radius 2 is 2.00 bits per heavy atom. The molecule has 0 N–H and O–H groups in total. The third-order valence-electron chi connectivity index (χ3n) is 1.08. The van der Waals surface area contributed by atoms with Crippen molar-refractivity contribution in [3.05, 3.63) is 0 Å². The summed E-state index contributed by atoms with van der Waals surface area (Å²) in [4.78, 5) is 0. The summed E-state index contributed by atoms with van der Waals surface area (Å²) in [6, 6.07) is 0. The van der Waals surface area contributed by atoms with Gasteiger partial charge < -0.3 is 9.30 Å². The lowest BCUT2D eigenvalue weighted by Crippen LogP contribution is -2.22. The standard InChI is InChI=1S/C8H15O2P/c1-6-8(2,3)10-7-11(4,5)9/h1H,7H2,2-5H3. The summed E-state index contributed by atoms with van der Waals surface area (Å²) >= 11 is 0. The fourth-order valence-corrected chi connectivity index (χ4v) is 0.992. The predicted octanol–water partition coefficient (Wildman–Crippen LogP) is 1.99.